The Bertz CT molecular complexity index is 802. The number of nitrogens with zero attached hydrogens (tertiary/aromatic N) is 3. The zero-order valence-corrected chi connectivity index (χ0v) is 14.4. The summed E-state index contributed by atoms with van der Waals surface area (Å²) in [4.78, 5) is 19.4. The van der Waals surface area contributed by atoms with Crippen molar-refractivity contribution in [2.24, 2.45) is 0 Å². The molecule has 2 aliphatic heterocycles. The zero-order chi connectivity index (χ0) is 17.4. The number of carbonyl (C=O) groups is 1. The average molecular weight is 343 g/mol. The van der Waals surface area contributed by atoms with Crippen LogP contribution in [0.2, 0.25) is 0 Å². The molecule has 0 aliphatic carbocycles. The number of ether oxygens (including phenoxy) is 3. The summed E-state index contributed by atoms with van der Waals surface area (Å²) < 4.78 is 18.1. The first-order valence-corrected chi connectivity index (χ1v) is 8.43. The van der Waals surface area contributed by atoms with Crippen molar-refractivity contribution in [2.45, 2.75) is 25.9 Å². The fraction of sp³-hybridized carbons (Fsp3) is 0.444. The van der Waals surface area contributed by atoms with Crippen LogP contribution in [-0.4, -0.2) is 47.4 Å². The Morgan fingerprint density at radius 1 is 1.32 bits per heavy atom. The minimum Gasteiger partial charge on any atom is -0.454 e. The molecule has 3 heterocycles. The Morgan fingerprint density at radius 2 is 2.16 bits per heavy atom. The number of methoxy groups -OCH3 is 1. The van der Waals surface area contributed by atoms with Crippen molar-refractivity contribution in [1.82, 2.24) is 14.5 Å². The number of aromatic nitrogens is 2. The van der Waals surface area contributed by atoms with Crippen LogP contribution in [0.4, 0.5) is 0 Å². The highest BCUT2D eigenvalue weighted by Crippen LogP contribution is 2.34. The lowest BCUT2D eigenvalue weighted by molar-refractivity contribution is 0.0635. The van der Waals surface area contributed by atoms with Crippen LogP contribution >= 0.6 is 0 Å². The number of hydrogen-bond acceptors (Lipinski definition) is 5. The average Bonchev–Trinajstić information content (AvgIpc) is 3.26. The molecule has 1 aromatic heterocycles. The molecule has 0 spiro atoms. The van der Waals surface area contributed by atoms with Crippen molar-refractivity contribution in [1.29, 1.82) is 0 Å². The van der Waals surface area contributed by atoms with E-state index in [1.165, 1.54) is 0 Å². The van der Waals surface area contributed by atoms with Crippen LogP contribution in [0.25, 0.3) is 0 Å². The van der Waals surface area contributed by atoms with Crippen molar-refractivity contribution in [3.05, 3.63) is 41.5 Å². The van der Waals surface area contributed by atoms with E-state index in [4.69, 9.17) is 14.2 Å². The first kappa shape index (κ1) is 16.0. The van der Waals surface area contributed by atoms with Crippen molar-refractivity contribution in [2.75, 3.05) is 27.1 Å². The molecule has 2 aromatic rings. The lowest BCUT2D eigenvalue weighted by Gasteiger charge is -2.34. The maximum Gasteiger partial charge on any atom is 0.254 e. The molecule has 7 nitrogen and oxygen atoms in total. The van der Waals surface area contributed by atoms with Gasteiger partial charge in [0.1, 0.15) is 5.82 Å². The van der Waals surface area contributed by atoms with Crippen molar-refractivity contribution >= 4 is 5.91 Å². The van der Waals surface area contributed by atoms with Gasteiger partial charge in [-0.25, -0.2) is 4.98 Å². The molecule has 1 aromatic carbocycles. The molecule has 1 atom stereocenters. The molecule has 4 rings (SSSR count). The number of benzene rings is 1. The van der Waals surface area contributed by atoms with E-state index < -0.39 is 0 Å². The third-order valence-electron chi connectivity index (χ3n) is 4.82. The van der Waals surface area contributed by atoms with Crippen molar-refractivity contribution in [3.8, 4) is 11.5 Å². The number of carbonyl (C=O) groups excluding carboxylic acids is 1. The number of hydrogen-bond donors (Lipinski definition) is 0. The van der Waals surface area contributed by atoms with Gasteiger partial charge < -0.3 is 23.7 Å². The topological polar surface area (TPSA) is 65.8 Å². The first-order valence-electron chi connectivity index (χ1n) is 8.43. The molecule has 0 radical (unpaired) electrons. The van der Waals surface area contributed by atoms with Gasteiger partial charge in [-0.2, -0.15) is 0 Å². The third-order valence-corrected chi connectivity index (χ3v) is 4.82. The molecule has 25 heavy (non-hydrogen) atoms. The van der Waals surface area contributed by atoms with Crippen molar-refractivity contribution in [3.63, 3.8) is 0 Å². The summed E-state index contributed by atoms with van der Waals surface area (Å²) in [6, 6.07) is 5.24. The summed E-state index contributed by atoms with van der Waals surface area (Å²) in [5.74, 6) is 2.21. The summed E-state index contributed by atoms with van der Waals surface area (Å²) >= 11 is 0. The van der Waals surface area contributed by atoms with E-state index in [-0.39, 0.29) is 18.7 Å². The Hall–Kier alpha value is -2.54. The van der Waals surface area contributed by atoms with Gasteiger partial charge in [-0.3, -0.25) is 4.79 Å². The quantitative estimate of drug-likeness (QED) is 0.850. The van der Waals surface area contributed by atoms with E-state index >= 15 is 0 Å². The zero-order valence-electron chi connectivity index (χ0n) is 14.4. The molecule has 0 bridgehead atoms. The SMILES string of the molecule is COCCc1cnc2n1CCN(C(=O)c1ccc3c(c1)OCO3)[C@H]2C. The normalized spacial score (nSPS) is 18.3. The summed E-state index contributed by atoms with van der Waals surface area (Å²) in [7, 11) is 1.70. The monoisotopic (exact) mass is 343 g/mol. The molecule has 2 aliphatic rings. The summed E-state index contributed by atoms with van der Waals surface area (Å²) in [5, 5.41) is 0. The molecule has 0 fully saturated rings. The predicted molar refractivity (Wildman–Crippen MR) is 89.8 cm³/mol. The first-order chi connectivity index (χ1) is 12.2. The Kier molecular flexibility index (Phi) is 4.09. The van der Waals surface area contributed by atoms with E-state index in [2.05, 4.69) is 9.55 Å². The standard InChI is InChI=1S/C18H21N3O4/c1-12-17-19-10-14(5-8-23-2)21(17)7-6-20(12)18(22)13-3-4-15-16(9-13)25-11-24-15/h3-4,9-10,12H,5-8,11H2,1-2H3/t12-/m0/s1. The second-order valence-electron chi connectivity index (χ2n) is 6.24. The number of rotatable bonds is 4. The van der Waals surface area contributed by atoms with E-state index in [1.807, 2.05) is 18.0 Å². The molecule has 7 heteroatoms. The molecule has 0 saturated heterocycles. The van der Waals surface area contributed by atoms with Gasteiger partial charge >= 0.3 is 0 Å². The summed E-state index contributed by atoms with van der Waals surface area (Å²) in [6.07, 6.45) is 2.71. The molecular weight excluding hydrogens is 322 g/mol. The Labute approximate surface area is 146 Å². The Morgan fingerprint density at radius 3 is 3.00 bits per heavy atom. The Balaban J connectivity index is 1.56. The second-order valence-corrected chi connectivity index (χ2v) is 6.24. The summed E-state index contributed by atoms with van der Waals surface area (Å²) in [6.45, 7) is 4.28. The van der Waals surface area contributed by atoms with Gasteiger partial charge in [-0.1, -0.05) is 0 Å². The van der Waals surface area contributed by atoms with Crippen LogP contribution in [0.15, 0.2) is 24.4 Å². The van der Waals surface area contributed by atoms with E-state index in [0.717, 1.165) is 24.5 Å². The number of imidazole rings is 1. The minimum atomic E-state index is -0.0806. The highest BCUT2D eigenvalue weighted by molar-refractivity contribution is 5.95. The van der Waals surface area contributed by atoms with Crippen LogP contribution in [0.5, 0.6) is 11.5 Å². The molecule has 132 valence electrons. The molecule has 0 N–H and O–H groups in total. The smallest absolute Gasteiger partial charge is 0.254 e. The van der Waals surface area contributed by atoms with Gasteiger partial charge in [0.25, 0.3) is 5.91 Å². The largest absolute Gasteiger partial charge is 0.454 e. The van der Waals surface area contributed by atoms with Crippen LogP contribution in [0.1, 0.15) is 34.8 Å². The van der Waals surface area contributed by atoms with E-state index in [0.29, 0.717) is 30.2 Å². The van der Waals surface area contributed by atoms with Gasteiger partial charge in [0.2, 0.25) is 6.79 Å². The van der Waals surface area contributed by atoms with Gasteiger partial charge in [-0.15, -0.1) is 0 Å². The van der Waals surface area contributed by atoms with Gasteiger partial charge in [0, 0.05) is 44.1 Å². The van der Waals surface area contributed by atoms with Crippen LogP contribution in [0.3, 0.4) is 0 Å². The van der Waals surface area contributed by atoms with E-state index in [9.17, 15) is 4.79 Å². The fourth-order valence-electron chi connectivity index (χ4n) is 3.44. The second kappa shape index (κ2) is 6.40. The number of fused-ring (bicyclic) bond motifs is 2. The lowest BCUT2D eigenvalue weighted by Crippen LogP contribution is -2.41. The van der Waals surface area contributed by atoms with Crippen LogP contribution in [-0.2, 0) is 17.7 Å². The summed E-state index contributed by atoms with van der Waals surface area (Å²) in [5.41, 5.74) is 1.76. The maximum atomic E-state index is 13.0. The predicted octanol–water partition coefficient (Wildman–Crippen LogP) is 2.02. The molecule has 1 amide bonds. The lowest BCUT2D eigenvalue weighted by atomic mass is 10.1. The van der Waals surface area contributed by atoms with Crippen LogP contribution < -0.4 is 9.47 Å². The molecule has 0 unspecified atom stereocenters. The third kappa shape index (κ3) is 2.74. The van der Waals surface area contributed by atoms with Crippen LogP contribution in [0, 0.1) is 0 Å². The van der Waals surface area contributed by atoms with Gasteiger partial charge in [0.15, 0.2) is 11.5 Å². The highest BCUT2D eigenvalue weighted by atomic mass is 16.7. The molecule has 0 saturated carbocycles. The number of amides is 1. The molecular formula is C18H21N3O4. The van der Waals surface area contributed by atoms with Crippen molar-refractivity contribution < 1.29 is 19.0 Å². The highest BCUT2D eigenvalue weighted by Gasteiger charge is 2.31. The minimum absolute atomic E-state index is 0.0153. The fourth-order valence-corrected chi connectivity index (χ4v) is 3.44. The van der Waals surface area contributed by atoms with E-state index in [1.54, 1.807) is 25.3 Å². The van der Waals surface area contributed by atoms with Gasteiger partial charge in [0.05, 0.1) is 12.6 Å². The maximum absolute atomic E-state index is 13.0. The van der Waals surface area contributed by atoms with Gasteiger partial charge in [-0.05, 0) is 25.1 Å².